The van der Waals surface area contributed by atoms with E-state index in [4.69, 9.17) is 4.74 Å². The van der Waals surface area contributed by atoms with Crippen LogP contribution in [0.25, 0.3) is 0 Å². The first kappa shape index (κ1) is 12.4. The van der Waals surface area contributed by atoms with Crippen LogP contribution in [0.4, 0.5) is 0 Å². The standard InChI is InChI=1S/C11H16N2O3/c1-3-9(7-16-2)13-11(15)8-4-5-12-10(14)6-8/h4-6,9H,3,7H2,1-2H3,(H,12,14)(H,13,15). The fraction of sp³-hybridized carbons (Fsp3) is 0.455. The Morgan fingerprint density at radius 3 is 2.94 bits per heavy atom. The van der Waals surface area contributed by atoms with Crippen molar-refractivity contribution in [2.45, 2.75) is 19.4 Å². The number of nitrogens with one attached hydrogen (secondary N) is 2. The Balaban J connectivity index is 2.67. The highest BCUT2D eigenvalue weighted by Gasteiger charge is 2.11. The minimum atomic E-state index is -0.285. The van der Waals surface area contributed by atoms with Gasteiger partial charge in [-0.2, -0.15) is 0 Å². The van der Waals surface area contributed by atoms with E-state index >= 15 is 0 Å². The second kappa shape index (κ2) is 6.07. The van der Waals surface area contributed by atoms with Crippen molar-refractivity contribution < 1.29 is 9.53 Å². The summed E-state index contributed by atoms with van der Waals surface area (Å²) < 4.78 is 4.97. The van der Waals surface area contributed by atoms with Crippen molar-refractivity contribution in [3.8, 4) is 0 Å². The molecule has 0 saturated carbocycles. The summed E-state index contributed by atoms with van der Waals surface area (Å²) in [5.41, 5.74) is 0.0748. The third-order valence-corrected chi connectivity index (χ3v) is 2.23. The summed E-state index contributed by atoms with van der Waals surface area (Å²) in [7, 11) is 1.59. The zero-order valence-electron chi connectivity index (χ0n) is 9.45. The van der Waals surface area contributed by atoms with Gasteiger partial charge in [0.25, 0.3) is 5.91 Å². The van der Waals surface area contributed by atoms with E-state index in [0.29, 0.717) is 12.2 Å². The van der Waals surface area contributed by atoms with Crippen LogP contribution in [0.1, 0.15) is 23.7 Å². The van der Waals surface area contributed by atoms with Gasteiger partial charge in [-0.1, -0.05) is 6.92 Å². The predicted octanol–water partition coefficient (Wildman–Crippen LogP) is 0.530. The van der Waals surface area contributed by atoms with Crippen molar-refractivity contribution in [1.82, 2.24) is 10.3 Å². The highest BCUT2D eigenvalue weighted by Crippen LogP contribution is 1.97. The average Bonchev–Trinajstić information content (AvgIpc) is 2.28. The molecule has 0 bridgehead atoms. The minimum Gasteiger partial charge on any atom is -0.383 e. The van der Waals surface area contributed by atoms with Crippen molar-refractivity contribution in [2.24, 2.45) is 0 Å². The molecule has 1 amide bonds. The van der Waals surface area contributed by atoms with Gasteiger partial charge in [0.05, 0.1) is 12.6 Å². The molecule has 0 fully saturated rings. The van der Waals surface area contributed by atoms with E-state index in [2.05, 4.69) is 10.3 Å². The number of ether oxygens (including phenoxy) is 1. The number of aromatic nitrogens is 1. The summed E-state index contributed by atoms with van der Waals surface area (Å²) in [6, 6.07) is 2.81. The van der Waals surface area contributed by atoms with Crippen molar-refractivity contribution >= 4 is 5.91 Å². The van der Waals surface area contributed by atoms with Crippen LogP contribution in [0.15, 0.2) is 23.1 Å². The summed E-state index contributed by atoms with van der Waals surface area (Å²) in [6.45, 7) is 2.42. The van der Waals surface area contributed by atoms with Gasteiger partial charge in [-0.15, -0.1) is 0 Å². The van der Waals surface area contributed by atoms with Gasteiger partial charge in [0.1, 0.15) is 0 Å². The fourth-order valence-electron chi connectivity index (χ4n) is 1.32. The number of carbonyl (C=O) groups is 1. The third-order valence-electron chi connectivity index (χ3n) is 2.23. The van der Waals surface area contributed by atoms with E-state index in [9.17, 15) is 9.59 Å². The van der Waals surface area contributed by atoms with E-state index in [1.165, 1.54) is 12.3 Å². The Morgan fingerprint density at radius 1 is 1.62 bits per heavy atom. The lowest BCUT2D eigenvalue weighted by molar-refractivity contribution is 0.0894. The second-order valence-electron chi connectivity index (χ2n) is 3.48. The first-order valence-electron chi connectivity index (χ1n) is 5.16. The van der Waals surface area contributed by atoms with Crippen molar-refractivity contribution in [3.05, 3.63) is 34.2 Å². The highest BCUT2D eigenvalue weighted by molar-refractivity contribution is 5.94. The Labute approximate surface area is 93.8 Å². The van der Waals surface area contributed by atoms with Gasteiger partial charge in [-0.25, -0.2) is 0 Å². The number of hydrogen-bond acceptors (Lipinski definition) is 3. The molecule has 0 saturated heterocycles. The summed E-state index contributed by atoms with van der Waals surface area (Å²) in [6.07, 6.45) is 2.23. The average molecular weight is 224 g/mol. The van der Waals surface area contributed by atoms with E-state index in [-0.39, 0.29) is 17.5 Å². The number of carbonyl (C=O) groups excluding carboxylic acids is 1. The fourth-order valence-corrected chi connectivity index (χ4v) is 1.32. The quantitative estimate of drug-likeness (QED) is 0.766. The molecule has 16 heavy (non-hydrogen) atoms. The zero-order chi connectivity index (χ0) is 12.0. The van der Waals surface area contributed by atoms with Crippen LogP contribution in [0.3, 0.4) is 0 Å². The summed E-state index contributed by atoms with van der Waals surface area (Å²) in [5.74, 6) is -0.255. The van der Waals surface area contributed by atoms with E-state index in [1.54, 1.807) is 13.2 Å². The van der Waals surface area contributed by atoms with Crippen LogP contribution in [-0.4, -0.2) is 30.6 Å². The Morgan fingerprint density at radius 2 is 2.38 bits per heavy atom. The molecule has 1 unspecified atom stereocenters. The van der Waals surface area contributed by atoms with Gasteiger partial charge < -0.3 is 15.0 Å². The molecule has 0 aliphatic heterocycles. The van der Waals surface area contributed by atoms with E-state index < -0.39 is 0 Å². The molecule has 5 heteroatoms. The molecule has 0 aliphatic rings. The van der Waals surface area contributed by atoms with Crippen LogP contribution in [0.2, 0.25) is 0 Å². The maximum absolute atomic E-state index is 11.7. The molecule has 5 nitrogen and oxygen atoms in total. The van der Waals surface area contributed by atoms with Gasteiger partial charge in [-0.05, 0) is 12.5 Å². The van der Waals surface area contributed by atoms with Gasteiger partial charge in [0, 0.05) is 24.9 Å². The number of pyridine rings is 1. The monoisotopic (exact) mass is 224 g/mol. The maximum Gasteiger partial charge on any atom is 0.251 e. The van der Waals surface area contributed by atoms with Crippen molar-refractivity contribution in [3.63, 3.8) is 0 Å². The minimum absolute atomic E-state index is 0.0308. The van der Waals surface area contributed by atoms with Gasteiger partial charge in [0.2, 0.25) is 5.56 Å². The number of H-pyrrole nitrogens is 1. The molecule has 1 atom stereocenters. The van der Waals surface area contributed by atoms with Crippen LogP contribution in [0.5, 0.6) is 0 Å². The van der Waals surface area contributed by atoms with Crippen molar-refractivity contribution in [2.75, 3.05) is 13.7 Å². The smallest absolute Gasteiger partial charge is 0.251 e. The van der Waals surface area contributed by atoms with Crippen LogP contribution >= 0.6 is 0 Å². The Bertz CT molecular complexity index is 400. The van der Waals surface area contributed by atoms with E-state index in [0.717, 1.165) is 6.42 Å². The maximum atomic E-state index is 11.7. The van der Waals surface area contributed by atoms with Crippen LogP contribution in [0, 0.1) is 0 Å². The topological polar surface area (TPSA) is 71.2 Å². The molecule has 2 N–H and O–H groups in total. The number of hydrogen-bond donors (Lipinski definition) is 2. The van der Waals surface area contributed by atoms with E-state index in [1.807, 2.05) is 6.92 Å². The molecule has 1 heterocycles. The molecule has 1 rings (SSSR count). The number of rotatable bonds is 5. The number of amides is 1. The Kier molecular flexibility index (Phi) is 4.72. The number of methoxy groups -OCH3 is 1. The molecular formula is C11H16N2O3. The third kappa shape index (κ3) is 3.51. The molecule has 0 aliphatic carbocycles. The van der Waals surface area contributed by atoms with Gasteiger partial charge >= 0.3 is 0 Å². The molecular weight excluding hydrogens is 208 g/mol. The molecule has 1 aromatic rings. The highest BCUT2D eigenvalue weighted by atomic mass is 16.5. The summed E-state index contributed by atoms with van der Waals surface area (Å²) >= 11 is 0. The Hall–Kier alpha value is -1.62. The first-order chi connectivity index (χ1) is 7.67. The normalized spacial score (nSPS) is 12.1. The second-order valence-corrected chi connectivity index (χ2v) is 3.48. The molecule has 88 valence electrons. The van der Waals surface area contributed by atoms with Gasteiger partial charge in [-0.3, -0.25) is 9.59 Å². The lowest BCUT2D eigenvalue weighted by Crippen LogP contribution is -2.37. The van der Waals surface area contributed by atoms with Crippen LogP contribution in [-0.2, 0) is 4.74 Å². The predicted molar refractivity (Wildman–Crippen MR) is 60.5 cm³/mol. The zero-order valence-corrected chi connectivity index (χ0v) is 9.45. The largest absolute Gasteiger partial charge is 0.383 e. The first-order valence-corrected chi connectivity index (χ1v) is 5.16. The van der Waals surface area contributed by atoms with Crippen LogP contribution < -0.4 is 10.9 Å². The molecule has 0 radical (unpaired) electrons. The molecule has 0 aromatic carbocycles. The summed E-state index contributed by atoms with van der Waals surface area (Å²) in [4.78, 5) is 25.2. The lowest BCUT2D eigenvalue weighted by atomic mass is 10.2. The lowest BCUT2D eigenvalue weighted by Gasteiger charge is -2.15. The molecule has 0 spiro atoms. The van der Waals surface area contributed by atoms with Crippen molar-refractivity contribution in [1.29, 1.82) is 0 Å². The van der Waals surface area contributed by atoms with Gasteiger partial charge in [0.15, 0.2) is 0 Å². The summed E-state index contributed by atoms with van der Waals surface area (Å²) in [5, 5.41) is 2.79. The number of aromatic amines is 1. The SMILES string of the molecule is CCC(COC)NC(=O)c1cc[nH]c(=O)c1. The molecule has 1 aromatic heterocycles.